The SMILES string of the molecule is Cc1cccc(CN2CCN(C(=O)CN(C)C(C)c3nc4ccccc4s3)CC2)c1. The van der Waals surface area contributed by atoms with E-state index in [-0.39, 0.29) is 11.9 Å². The van der Waals surface area contributed by atoms with Crippen LogP contribution in [0.5, 0.6) is 0 Å². The summed E-state index contributed by atoms with van der Waals surface area (Å²) in [6.07, 6.45) is 0. The lowest BCUT2D eigenvalue weighted by molar-refractivity contribution is -0.134. The molecule has 3 aromatic rings. The van der Waals surface area contributed by atoms with E-state index in [4.69, 9.17) is 4.98 Å². The number of thiazole rings is 1. The molecule has 5 nitrogen and oxygen atoms in total. The van der Waals surface area contributed by atoms with Gasteiger partial charge in [-0.15, -0.1) is 11.3 Å². The first-order chi connectivity index (χ1) is 14.5. The molecule has 1 atom stereocenters. The summed E-state index contributed by atoms with van der Waals surface area (Å²) in [6, 6.07) is 17.0. The van der Waals surface area contributed by atoms with Crippen LogP contribution in [0.3, 0.4) is 0 Å². The van der Waals surface area contributed by atoms with Gasteiger partial charge in [-0.3, -0.25) is 14.6 Å². The summed E-state index contributed by atoms with van der Waals surface area (Å²) in [5.74, 6) is 0.209. The number of hydrogen-bond donors (Lipinski definition) is 0. The van der Waals surface area contributed by atoms with Crippen LogP contribution in [0.4, 0.5) is 0 Å². The molecule has 1 unspecified atom stereocenters. The largest absolute Gasteiger partial charge is 0.339 e. The van der Waals surface area contributed by atoms with Crippen molar-refractivity contribution in [2.75, 3.05) is 39.8 Å². The fourth-order valence-electron chi connectivity index (χ4n) is 3.93. The highest BCUT2D eigenvalue weighted by atomic mass is 32.1. The molecule has 1 aliphatic rings. The Hall–Kier alpha value is -2.28. The molecule has 0 aliphatic carbocycles. The maximum absolute atomic E-state index is 12.9. The number of benzene rings is 2. The van der Waals surface area contributed by atoms with Gasteiger partial charge < -0.3 is 4.90 Å². The highest BCUT2D eigenvalue weighted by Gasteiger charge is 2.24. The lowest BCUT2D eigenvalue weighted by Crippen LogP contribution is -2.50. The maximum Gasteiger partial charge on any atom is 0.236 e. The van der Waals surface area contributed by atoms with Gasteiger partial charge in [0, 0.05) is 32.7 Å². The number of fused-ring (bicyclic) bond motifs is 1. The summed E-state index contributed by atoms with van der Waals surface area (Å²) in [5, 5.41) is 1.06. The van der Waals surface area contributed by atoms with Gasteiger partial charge in [0.15, 0.2) is 0 Å². The smallest absolute Gasteiger partial charge is 0.236 e. The van der Waals surface area contributed by atoms with Gasteiger partial charge in [0.25, 0.3) is 0 Å². The third-order valence-corrected chi connectivity index (χ3v) is 7.13. The van der Waals surface area contributed by atoms with E-state index < -0.39 is 0 Å². The summed E-state index contributed by atoms with van der Waals surface area (Å²) in [5.41, 5.74) is 3.68. The molecule has 6 heteroatoms. The molecule has 2 aromatic carbocycles. The van der Waals surface area contributed by atoms with Gasteiger partial charge >= 0.3 is 0 Å². The second-order valence-corrected chi connectivity index (χ2v) is 9.32. The number of amides is 1. The Labute approximate surface area is 182 Å². The minimum Gasteiger partial charge on any atom is -0.339 e. The molecule has 1 fully saturated rings. The summed E-state index contributed by atoms with van der Waals surface area (Å²) < 4.78 is 1.20. The first-order valence-electron chi connectivity index (χ1n) is 10.6. The van der Waals surface area contributed by atoms with Crippen molar-refractivity contribution in [2.45, 2.75) is 26.4 Å². The van der Waals surface area contributed by atoms with Gasteiger partial charge in [0.05, 0.1) is 22.8 Å². The molecule has 0 saturated carbocycles. The van der Waals surface area contributed by atoms with E-state index in [1.807, 2.05) is 30.1 Å². The van der Waals surface area contributed by atoms with Crippen LogP contribution in [-0.2, 0) is 11.3 Å². The van der Waals surface area contributed by atoms with Gasteiger partial charge in [0.2, 0.25) is 5.91 Å². The minimum absolute atomic E-state index is 0.119. The van der Waals surface area contributed by atoms with Crippen molar-refractivity contribution in [1.29, 1.82) is 0 Å². The molecule has 0 N–H and O–H groups in total. The number of piperazine rings is 1. The average molecular weight is 423 g/mol. The zero-order valence-electron chi connectivity index (χ0n) is 18.0. The van der Waals surface area contributed by atoms with Crippen LogP contribution in [0.15, 0.2) is 48.5 Å². The molecular formula is C24H30N4OS. The van der Waals surface area contributed by atoms with Crippen LogP contribution in [0.25, 0.3) is 10.2 Å². The van der Waals surface area contributed by atoms with Crippen LogP contribution in [-0.4, -0.2) is 65.4 Å². The predicted octanol–water partition coefficient (Wildman–Crippen LogP) is 3.94. The number of aromatic nitrogens is 1. The third kappa shape index (κ3) is 4.89. The molecule has 158 valence electrons. The Kier molecular flexibility index (Phi) is 6.46. The molecule has 1 amide bonds. The van der Waals surface area contributed by atoms with Crippen LogP contribution in [0, 0.1) is 6.92 Å². The van der Waals surface area contributed by atoms with Gasteiger partial charge in [0.1, 0.15) is 5.01 Å². The summed E-state index contributed by atoms with van der Waals surface area (Å²) >= 11 is 1.71. The number of para-hydroxylation sites is 1. The average Bonchev–Trinajstić information content (AvgIpc) is 3.18. The molecule has 0 radical (unpaired) electrons. The lowest BCUT2D eigenvalue weighted by atomic mass is 10.1. The van der Waals surface area contributed by atoms with Crippen molar-refractivity contribution in [3.63, 3.8) is 0 Å². The van der Waals surface area contributed by atoms with E-state index in [0.717, 1.165) is 43.2 Å². The zero-order chi connectivity index (χ0) is 21.1. The molecule has 0 bridgehead atoms. The Bertz CT molecular complexity index is 976. The highest BCUT2D eigenvalue weighted by molar-refractivity contribution is 7.18. The molecule has 1 aliphatic heterocycles. The second kappa shape index (κ2) is 9.25. The van der Waals surface area contributed by atoms with E-state index >= 15 is 0 Å². The third-order valence-electron chi connectivity index (χ3n) is 5.93. The Morgan fingerprint density at radius 3 is 2.63 bits per heavy atom. The monoisotopic (exact) mass is 422 g/mol. The Balaban J connectivity index is 1.28. The fraction of sp³-hybridized carbons (Fsp3) is 0.417. The molecule has 30 heavy (non-hydrogen) atoms. The molecule has 1 aromatic heterocycles. The van der Waals surface area contributed by atoms with Gasteiger partial charge in [-0.2, -0.15) is 0 Å². The maximum atomic E-state index is 12.9. The van der Waals surface area contributed by atoms with Crippen LogP contribution >= 0.6 is 11.3 Å². The molecule has 4 rings (SSSR count). The van der Waals surface area contributed by atoms with E-state index in [2.05, 4.69) is 54.0 Å². The number of nitrogens with zero attached hydrogens (tertiary/aromatic N) is 4. The zero-order valence-corrected chi connectivity index (χ0v) is 18.9. The van der Waals surface area contributed by atoms with Gasteiger partial charge in [-0.1, -0.05) is 42.0 Å². The first kappa shape index (κ1) is 21.0. The Morgan fingerprint density at radius 2 is 1.90 bits per heavy atom. The summed E-state index contributed by atoms with van der Waals surface area (Å²) in [7, 11) is 2.02. The Morgan fingerprint density at radius 1 is 1.13 bits per heavy atom. The van der Waals surface area contributed by atoms with Crippen molar-refractivity contribution >= 4 is 27.5 Å². The quantitative estimate of drug-likeness (QED) is 0.603. The van der Waals surface area contributed by atoms with Gasteiger partial charge in [-0.25, -0.2) is 4.98 Å². The highest BCUT2D eigenvalue weighted by Crippen LogP contribution is 2.28. The van der Waals surface area contributed by atoms with Crippen LogP contribution in [0.1, 0.15) is 29.1 Å². The first-order valence-corrected chi connectivity index (χ1v) is 11.4. The minimum atomic E-state index is 0.119. The van der Waals surface area contributed by atoms with E-state index in [1.165, 1.54) is 15.8 Å². The molecule has 2 heterocycles. The van der Waals surface area contributed by atoms with Crippen molar-refractivity contribution in [1.82, 2.24) is 19.7 Å². The number of hydrogen-bond acceptors (Lipinski definition) is 5. The molecule has 1 saturated heterocycles. The number of carbonyl (C=O) groups is 1. The number of aryl methyl sites for hydroxylation is 1. The number of carbonyl (C=O) groups excluding carboxylic acids is 1. The normalized spacial score (nSPS) is 16.3. The lowest BCUT2D eigenvalue weighted by Gasteiger charge is -2.36. The van der Waals surface area contributed by atoms with Crippen molar-refractivity contribution in [3.8, 4) is 0 Å². The van der Waals surface area contributed by atoms with E-state index in [1.54, 1.807) is 11.3 Å². The van der Waals surface area contributed by atoms with Crippen LogP contribution in [0.2, 0.25) is 0 Å². The standard InChI is InChI=1S/C24H30N4OS/c1-18-7-6-8-20(15-18)16-27-11-13-28(14-12-27)23(29)17-26(3)19(2)24-25-21-9-4-5-10-22(21)30-24/h4-10,15,19H,11-14,16-17H2,1-3H3. The van der Waals surface area contributed by atoms with Crippen molar-refractivity contribution in [3.05, 3.63) is 64.7 Å². The fourth-order valence-corrected chi connectivity index (χ4v) is 5.02. The summed E-state index contributed by atoms with van der Waals surface area (Å²) in [4.78, 5) is 24.2. The predicted molar refractivity (Wildman–Crippen MR) is 124 cm³/mol. The van der Waals surface area contributed by atoms with Crippen molar-refractivity contribution in [2.24, 2.45) is 0 Å². The van der Waals surface area contributed by atoms with E-state index in [0.29, 0.717) is 6.54 Å². The number of likely N-dealkylation sites (N-methyl/N-ethyl adjacent to an activating group) is 1. The van der Waals surface area contributed by atoms with E-state index in [9.17, 15) is 4.79 Å². The topological polar surface area (TPSA) is 39.7 Å². The van der Waals surface area contributed by atoms with Crippen molar-refractivity contribution < 1.29 is 4.79 Å². The van der Waals surface area contributed by atoms with Crippen LogP contribution < -0.4 is 0 Å². The number of rotatable bonds is 6. The van der Waals surface area contributed by atoms with Gasteiger partial charge in [-0.05, 0) is 38.6 Å². The molecule has 0 spiro atoms. The second-order valence-electron chi connectivity index (χ2n) is 8.26. The summed E-state index contributed by atoms with van der Waals surface area (Å²) in [6.45, 7) is 9.10. The molecular weight excluding hydrogens is 392 g/mol.